The van der Waals surface area contributed by atoms with Gasteiger partial charge >= 0.3 is 0 Å². The predicted molar refractivity (Wildman–Crippen MR) is 125 cm³/mol. The standard InChI is InChI=1S/C22H27FN4O3.HI/c1-2-24-22(26-12-17(28)15-5-3-4-6-16(15)23)25-9-10-27-20(29)18-13-7-8-14(11-13)19(18)21(27)30;/h3-8,13-14,17-19,28H,2,9-12H2,1H3,(H2,24,25,26);1H. The van der Waals surface area contributed by atoms with Gasteiger partial charge in [0.15, 0.2) is 5.96 Å². The van der Waals surface area contributed by atoms with Gasteiger partial charge < -0.3 is 15.7 Å². The Labute approximate surface area is 198 Å². The molecule has 5 unspecified atom stereocenters. The molecule has 168 valence electrons. The van der Waals surface area contributed by atoms with Gasteiger partial charge in [0.25, 0.3) is 0 Å². The van der Waals surface area contributed by atoms with Crippen LogP contribution >= 0.6 is 24.0 Å². The van der Waals surface area contributed by atoms with E-state index in [0.29, 0.717) is 19.0 Å². The first-order chi connectivity index (χ1) is 14.5. The monoisotopic (exact) mass is 542 g/mol. The second-order valence-electron chi connectivity index (χ2n) is 8.01. The van der Waals surface area contributed by atoms with Crippen LogP contribution in [0, 0.1) is 29.5 Å². The summed E-state index contributed by atoms with van der Waals surface area (Å²) in [6.07, 6.45) is 4.01. The SMILES string of the molecule is CCNC(=NCC(O)c1ccccc1F)NCCN1C(=O)C2C3C=CC(C3)C2C1=O.I. The van der Waals surface area contributed by atoms with Gasteiger partial charge in [-0.15, -0.1) is 24.0 Å². The Morgan fingerprint density at radius 2 is 1.84 bits per heavy atom. The number of halogens is 2. The van der Waals surface area contributed by atoms with E-state index in [4.69, 9.17) is 0 Å². The van der Waals surface area contributed by atoms with Crippen molar-refractivity contribution in [3.05, 3.63) is 47.8 Å². The minimum absolute atomic E-state index is 0. The fourth-order valence-electron chi connectivity index (χ4n) is 4.83. The number of hydrogen-bond acceptors (Lipinski definition) is 4. The third-order valence-corrected chi connectivity index (χ3v) is 6.22. The molecule has 3 aliphatic rings. The molecule has 2 bridgehead atoms. The van der Waals surface area contributed by atoms with Gasteiger partial charge in [0, 0.05) is 25.2 Å². The van der Waals surface area contributed by atoms with E-state index in [1.54, 1.807) is 12.1 Å². The van der Waals surface area contributed by atoms with Gasteiger partial charge in [0.05, 0.1) is 18.4 Å². The molecule has 2 fully saturated rings. The number of carbonyl (C=O) groups is 2. The average Bonchev–Trinajstić information content (AvgIpc) is 3.41. The molecule has 1 saturated heterocycles. The Balaban J connectivity index is 0.00000272. The second kappa shape index (κ2) is 10.1. The van der Waals surface area contributed by atoms with Gasteiger partial charge in [-0.3, -0.25) is 19.5 Å². The molecule has 3 N–H and O–H groups in total. The number of likely N-dealkylation sites (tertiary alicyclic amines) is 1. The maximum Gasteiger partial charge on any atom is 0.233 e. The molecule has 9 heteroatoms. The number of aliphatic hydroxyl groups is 1. The lowest BCUT2D eigenvalue weighted by Crippen LogP contribution is -2.43. The Bertz CT molecular complexity index is 863. The number of carbonyl (C=O) groups excluding carboxylic acids is 2. The third-order valence-electron chi connectivity index (χ3n) is 6.22. The zero-order chi connectivity index (χ0) is 21.3. The van der Waals surface area contributed by atoms with Crippen LogP contribution in [-0.2, 0) is 9.59 Å². The number of allylic oxidation sites excluding steroid dienone is 2. The Morgan fingerprint density at radius 3 is 2.45 bits per heavy atom. The maximum atomic E-state index is 13.8. The molecule has 0 radical (unpaired) electrons. The van der Waals surface area contributed by atoms with E-state index in [9.17, 15) is 19.1 Å². The van der Waals surface area contributed by atoms with Crippen LogP contribution in [0.2, 0.25) is 0 Å². The van der Waals surface area contributed by atoms with Crippen molar-refractivity contribution in [3.63, 3.8) is 0 Å². The molecule has 0 spiro atoms. The smallest absolute Gasteiger partial charge is 0.233 e. The Hall–Kier alpha value is -2.01. The lowest BCUT2D eigenvalue weighted by molar-refractivity contribution is -0.140. The molecule has 4 rings (SSSR count). The van der Waals surface area contributed by atoms with E-state index in [1.165, 1.54) is 17.0 Å². The Morgan fingerprint density at radius 1 is 1.19 bits per heavy atom. The van der Waals surface area contributed by atoms with E-state index in [2.05, 4.69) is 27.8 Å². The van der Waals surface area contributed by atoms with Gasteiger partial charge in [-0.1, -0.05) is 30.4 Å². The lowest BCUT2D eigenvalue weighted by Gasteiger charge is -2.19. The molecule has 2 aliphatic carbocycles. The summed E-state index contributed by atoms with van der Waals surface area (Å²) < 4.78 is 13.8. The molecular weight excluding hydrogens is 514 g/mol. The third kappa shape index (κ3) is 4.62. The van der Waals surface area contributed by atoms with Gasteiger partial charge in [-0.05, 0) is 31.2 Å². The van der Waals surface area contributed by atoms with Crippen molar-refractivity contribution < 1.29 is 19.1 Å². The number of fused-ring (bicyclic) bond motifs is 5. The molecule has 7 nitrogen and oxygen atoms in total. The number of guanidine groups is 1. The molecule has 1 saturated carbocycles. The highest BCUT2D eigenvalue weighted by atomic mass is 127. The van der Waals surface area contributed by atoms with E-state index < -0.39 is 11.9 Å². The summed E-state index contributed by atoms with van der Waals surface area (Å²) in [5, 5.41) is 16.4. The molecule has 0 aromatic heterocycles. The van der Waals surface area contributed by atoms with Gasteiger partial charge in [-0.25, -0.2) is 4.39 Å². The highest BCUT2D eigenvalue weighted by Crippen LogP contribution is 2.52. The van der Waals surface area contributed by atoms with Crippen LogP contribution in [0.1, 0.15) is 25.0 Å². The number of nitrogens with one attached hydrogen (secondary N) is 2. The topological polar surface area (TPSA) is 94.0 Å². The molecular formula is C22H28FIN4O3. The fraction of sp³-hybridized carbons (Fsp3) is 0.500. The number of benzene rings is 1. The zero-order valence-corrected chi connectivity index (χ0v) is 19.7. The summed E-state index contributed by atoms with van der Waals surface area (Å²) >= 11 is 0. The van der Waals surface area contributed by atoms with Crippen LogP contribution in [0.4, 0.5) is 4.39 Å². The predicted octanol–water partition coefficient (Wildman–Crippen LogP) is 1.84. The van der Waals surface area contributed by atoms with Crippen molar-refractivity contribution in [2.75, 3.05) is 26.2 Å². The molecule has 5 atom stereocenters. The number of imide groups is 1. The summed E-state index contributed by atoms with van der Waals surface area (Å²) in [5.74, 6) is -0.148. The van der Waals surface area contributed by atoms with Crippen molar-refractivity contribution in [2.45, 2.75) is 19.4 Å². The summed E-state index contributed by atoms with van der Waals surface area (Å²) in [6, 6.07) is 6.05. The first-order valence-corrected chi connectivity index (χ1v) is 10.5. The minimum Gasteiger partial charge on any atom is -0.386 e. The van der Waals surface area contributed by atoms with Crippen LogP contribution < -0.4 is 10.6 Å². The number of rotatable bonds is 7. The summed E-state index contributed by atoms with van der Waals surface area (Å²) in [7, 11) is 0. The molecule has 1 aliphatic heterocycles. The fourth-order valence-corrected chi connectivity index (χ4v) is 4.83. The van der Waals surface area contributed by atoms with Crippen molar-refractivity contribution in [1.29, 1.82) is 0 Å². The van der Waals surface area contributed by atoms with Crippen LogP contribution in [0.3, 0.4) is 0 Å². The second-order valence-corrected chi connectivity index (χ2v) is 8.01. The van der Waals surface area contributed by atoms with E-state index in [0.717, 1.165) is 6.42 Å². The largest absolute Gasteiger partial charge is 0.386 e. The maximum absolute atomic E-state index is 13.8. The van der Waals surface area contributed by atoms with Gasteiger partial charge in [0.2, 0.25) is 11.8 Å². The van der Waals surface area contributed by atoms with Crippen LogP contribution in [0.15, 0.2) is 41.4 Å². The highest BCUT2D eigenvalue weighted by Gasteiger charge is 2.58. The summed E-state index contributed by atoms with van der Waals surface area (Å²) in [5.41, 5.74) is 0.195. The van der Waals surface area contributed by atoms with Gasteiger partial charge in [0.1, 0.15) is 11.9 Å². The van der Waals surface area contributed by atoms with Crippen molar-refractivity contribution in [1.82, 2.24) is 15.5 Å². The molecule has 1 aromatic rings. The van der Waals surface area contributed by atoms with E-state index >= 15 is 0 Å². The van der Waals surface area contributed by atoms with Crippen molar-refractivity contribution >= 4 is 41.8 Å². The zero-order valence-electron chi connectivity index (χ0n) is 17.3. The quantitative estimate of drug-likeness (QED) is 0.161. The Kier molecular flexibility index (Phi) is 7.68. The van der Waals surface area contributed by atoms with E-state index in [-0.39, 0.29) is 78.1 Å². The van der Waals surface area contributed by atoms with Crippen LogP contribution in [0.25, 0.3) is 0 Å². The molecule has 1 heterocycles. The minimum atomic E-state index is -1.06. The van der Waals surface area contributed by atoms with Crippen LogP contribution in [-0.4, -0.2) is 54.0 Å². The molecule has 31 heavy (non-hydrogen) atoms. The number of hydrogen-bond donors (Lipinski definition) is 3. The van der Waals surface area contributed by atoms with Crippen LogP contribution in [0.5, 0.6) is 0 Å². The molecule has 1 aromatic carbocycles. The van der Waals surface area contributed by atoms with Gasteiger partial charge in [-0.2, -0.15) is 0 Å². The lowest BCUT2D eigenvalue weighted by atomic mass is 9.85. The summed E-state index contributed by atoms with van der Waals surface area (Å²) in [6.45, 7) is 3.10. The van der Waals surface area contributed by atoms with Crippen molar-refractivity contribution in [2.24, 2.45) is 28.7 Å². The first kappa shape index (κ1) is 23.6. The first-order valence-electron chi connectivity index (χ1n) is 10.5. The molecule has 2 amide bonds. The number of aliphatic imine (C=N–C) groups is 1. The van der Waals surface area contributed by atoms with Crippen molar-refractivity contribution in [3.8, 4) is 0 Å². The summed E-state index contributed by atoms with van der Waals surface area (Å²) in [4.78, 5) is 31.1. The normalized spacial score (nSPS) is 27.3. The number of nitrogens with zero attached hydrogens (tertiary/aromatic N) is 2. The highest BCUT2D eigenvalue weighted by molar-refractivity contribution is 14.0. The van der Waals surface area contributed by atoms with E-state index in [1.807, 2.05) is 6.92 Å². The number of amides is 2. The average molecular weight is 542 g/mol. The number of aliphatic hydroxyl groups excluding tert-OH is 1.